The molecule has 42 valence electrons. The Morgan fingerprint density at radius 1 is 1.43 bits per heavy atom. The van der Waals surface area contributed by atoms with Crippen LogP contribution in [0.15, 0.2) is 0 Å². The molecular weight excluding hydrogens is 86.1 g/mol. The third kappa shape index (κ3) is 0.942. The Labute approximate surface area is 45.1 Å². The predicted molar refractivity (Wildman–Crippen MR) is 30.0 cm³/mol. The average molecular weight is 100 g/mol. The molecule has 0 radical (unpaired) electrons. The van der Waals surface area contributed by atoms with E-state index in [0.717, 1.165) is 11.8 Å². The van der Waals surface area contributed by atoms with E-state index >= 15 is 0 Å². The van der Waals surface area contributed by atoms with Crippen LogP contribution < -0.4 is 5.32 Å². The van der Waals surface area contributed by atoms with E-state index in [2.05, 4.69) is 19.2 Å². The van der Waals surface area contributed by atoms with Crippen LogP contribution in [-0.2, 0) is 0 Å². The maximum atomic E-state index is 2.37. The van der Waals surface area contributed by atoms with Crippen LogP contribution in [0, 0.1) is 11.8 Å². The maximum absolute atomic E-state index is 2.37. The summed E-state index contributed by atoms with van der Waals surface area (Å²) in [5.74, 6) is 1.95. The van der Waals surface area contributed by atoms with E-state index in [4.69, 9.17) is 0 Å². The van der Waals surface area contributed by atoms with Crippen LogP contribution in [0.1, 0.15) is 13.8 Å². The van der Waals surface area contributed by atoms with Crippen LogP contribution in [-0.4, -0.2) is 13.1 Å². The zero-order valence-electron chi connectivity index (χ0n) is 5.15. The lowest BCUT2D eigenvalue weighted by atomic mass is 9.91. The first-order valence-electron chi connectivity index (χ1n) is 3.12. The Balaban J connectivity index is 2.14. The van der Waals surface area contributed by atoms with Gasteiger partial charge in [0.15, 0.2) is 0 Å². The van der Waals surface area contributed by atoms with Crippen molar-refractivity contribution >= 4 is 0 Å². The molecule has 0 unspecified atom stereocenters. The van der Waals surface area contributed by atoms with E-state index in [9.17, 15) is 0 Å². The van der Waals surface area contributed by atoms with Crippen LogP contribution >= 0.6 is 0 Å². The minimum atomic E-state index is 0.921. The topological polar surface area (TPSA) is 16.6 Å². The molecule has 1 aliphatic rings. The average Bonchev–Trinajstić information content (AvgIpc) is 1.23. The van der Waals surface area contributed by atoms with E-state index in [1.807, 2.05) is 0 Å². The Hall–Kier alpha value is -0.0400. The van der Waals surface area contributed by atoms with Crippen molar-refractivity contribution in [2.24, 2.45) is 11.8 Å². The van der Waals surface area contributed by atoms with Gasteiger partial charge in [-0.15, -0.1) is 0 Å². The first-order valence-corrected chi connectivity index (χ1v) is 3.12. The van der Waals surface area contributed by atoms with Gasteiger partial charge in [0, 0.05) is 0 Å². The summed E-state index contributed by atoms with van der Waals surface area (Å²) in [6.45, 7) is 7.35. The largest absolute Gasteiger partial charge is 0.345 e. The summed E-state index contributed by atoms with van der Waals surface area (Å²) in [5, 5.41) is 2.37. The first-order chi connectivity index (χ1) is 3.30. The summed E-state index contributed by atoms with van der Waals surface area (Å²) in [4.78, 5) is 0. The fourth-order valence-electron chi connectivity index (χ4n) is 0.903. The van der Waals surface area contributed by atoms with Gasteiger partial charge in [0.2, 0.25) is 0 Å². The fourth-order valence-corrected chi connectivity index (χ4v) is 0.903. The van der Waals surface area contributed by atoms with Crippen molar-refractivity contribution in [2.75, 3.05) is 13.1 Å². The molecule has 0 aromatic heterocycles. The lowest BCUT2D eigenvalue weighted by molar-refractivity contribution is -0.725. The van der Waals surface area contributed by atoms with E-state index < -0.39 is 0 Å². The monoisotopic (exact) mass is 100 g/mol. The van der Waals surface area contributed by atoms with Crippen molar-refractivity contribution < 1.29 is 5.32 Å². The molecule has 1 fully saturated rings. The summed E-state index contributed by atoms with van der Waals surface area (Å²) in [6.07, 6.45) is 0. The normalized spacial score (nSPS) is 22.7. The molecule has 7 heavy (non-hydrogen) atoms. The standard InChI is InChI=1S/C6H13N/c1-5(2)6-3-7-4-6/h5-7H,3-4H2,1-2H3/p+1. The second kappa shape index (κ2) is 1.83. The van der Waals surface area contributed by atoms with E-state index in [0.29, 0.717) is 0 Å². The molecule has 0 atom stereocenters. The van der Waals surface area contributed by atoms with Crippen molar-refractivity contribution in [1.82, 2.24) is 0 Å². The molecule has 0 aromatic carbocycles. The number of nitrogens with two attached hydrogens (primary N) is 1. The number of rotatable bonds is 1. The van der Waals surface area contributed by atoms with Crippen LogP contribution in [0.2, 0.25) is 0 Å². The quantitative estimate of drug-likeness (QED) is 0.471. The van der Waals surface area contributed by atoms with Crippen molar-refractivity contribution in [2.45, 2.75) is 13.8 Å². The first kappa shape index (κ1) is 5.10. The highest BCUT2D eigenvalue weighted by Gasteiger charge is 2.24. The molecule has 0 spiro atoms. The molecule has 0 bridgehead atoms. The van der Waals surface area contributed by atoms with E-state index in [-0.39, 0.29) is 0 Å². The molecule has 0 saturated carbocycles. The van der Waals surface area contributed by atoms with Crippen molar-refractivity contribution in [1.29, 1.82) is 0 Å². The van der Waals surface area contributed by atoms with Gasteiger partial charge in [-0.05, 0) is 5.92 Å². The summed E-state index contributed by atoms with van der Waals surface area (Å²) < 4.78 is 0. The van der Waals surface area contributed by atoms with Crippen molar-refractivity contribution in [3.63, 3.8) is 0 Å². The smallest absolute Gasteiger partial charge is 0.0841 e. The molecule has 1 saturated heterocycles. The molecule has 1 aliphatic heterocycles. The van der Waals surface area contributed by atoms with Gasteiger partial charge < -0.3 is 5.32 Å². The Bertz CT molecular complexity index is 55.2. The van der Waals surface area contributed by atoms with Gasteiger partial charge in [-0.1, -0.05) is 13.8 Å². The third-order valence-corrected chi connectivity index (χ3v) is 1.88. The highest BCUT2D eigenvalue weighted by molar-refractivity contribution is 4.63. The minimum absolute atomic E-state index is 0.921. The molecule has 2 N–H and O–H groups in total. The summed E-state index contributed by atoms with van der Waals surface area (Å²) >= 11 is 0. The van der Waals surface area contributed by atoms with Gasteiger partial charge >= 0.3 is 0 Å². The Kier molecular flexibility index (Phi) is 1.33. The van der Waals surface area contributed by atoms with Crippen molar-refractivity contribution in [3.05, 3.63) is 0 Å². The van der Waals surface area contributed by atoms with Gasteiger partial charge in [-0.3, -0.25) is 0 Å². The van der Waals surface area contributed by atoms with Crippen molar-refractivity contribution in [3.8, 4) is 0 Å². The second-order valence-corrected chi connectivity index (χ2v) is 2.76. The highest BCUT2D eigenvalue weighted by Crippen LogP contribution is 2.08. The SMILES string of the molecule is CC(C)C1C[NH2+]C1. The molecule has 0 aliphatic carbocycles. The second-order valence-electron chi connectivity index (χ2n) is 2.76. The minimum Gasteiger partial charge on any atom is -0.345 e. The molecule has 1 heteroatoms. The van der Waals surface area contributed by atoms with E-state index in [1.165, 1.54) is 13.1 Å². The molecular formula is C6H14N+. The van der Waals surface area contributed by atoms with Crippen LogP contribution in [0.5, 0.6) is 0 Å². The summed E-state index contributed by atoms with van der Waals surface area (Å²) in [6, 6.07) is 0. The fraction of sp³-hybridized carbons (Fsp3) is 1.00. The lowest BCUT2D eigenvalue weighted by Gasteiger charge is -2.25. The predicted octanol–water partition coefficient (Wildman–Crippen LogP) is -0.164. The van der Waals surface area contributed by atoms with Gasteiger partial charge in [-0.2, -0.15) is 0 Å². The van der Waals surface area contributed by atoms with Gasteiger partial charge in [0.1, 0.15) is 0 Å². The van der Waals surface area contributed by atoms with Crippen LogP contribution in [0.3, 0.4) is 0 Å². The van der Waals surface area contributed by atoms with Crippen LogP contribution in [0.4, 0.5) is 0 Å². The zero-order valence-corrected chi connectivity index (χ0v) is 5.15. The third-order valence-electron chi connectivity index (χ3n) is 1.88. The molecule has 0 amide bonds. The number of hydrogen-bond donors (Lipinski definition) is 1. The molecule has 1 nitrogen and oxygen atoms in total. The number of hydrogen-bond acceptors (Lipinski definition) is 0. The van der Waals surface area contributed by atoms with Gasteiger partial charge in [0.25, 0.3) is 0 Å². The number of quaternary nitrogens is 1. The Morgan fingerprint density at radius 3 is 2.00 bits per heavy atom. The zero-order chi connectivity index (χ0) is 5.28. The Morgan fingerprint density at radius 2 is 2.00 bits per heavy atom. The van der Waals surface area contributed by atoms with Crippen LogP contribution in [0.25, 0.3) is 0 Å². The van der Waals surface area contributed by atoms with Gasteiger partial charge in [0.05, 0.1) is 19.0 Å². The molecule has 0 aromatic rings. The summed E-state index contributed by atoms with van der Waals surface area (Å²) in [7, 11) is 0. The molecule has 1 heterocycles. The molecule has 1 rings (SSSR count). The summed E-state index contributed by atoms with van der Waals surface area (Å²) in [5.41, 5.74) is 0. The maximum Gasteiger partial charge on any atom is 0.0841 e. The highest BCUT2D eigenvalue weighted by atomic mass is 14.9. The lowest BCUT2D eigenvalue weighted by Crippen LogP contribution is -2.96. The van der Waals surface area contributed by atoms with Gasteiger partial charge in [-0.25, -0.2) is 0 Å². The van der Waals surface area contributed by atoms with E-state index in [1.54, 1.807) is 0 Å².